The molecule has 1 aromatic heterocycles. The molecule has 1 heterocycles. The topological polar surface area (TPSA) is 79.9 Å². The number of benzene rings is 1. The fraction of sp³-hybridized carbons (Fsp3) is 0.438. The van der Waals surface area contributed by atoms with Crippen LogP contribution in [-0.2, 0) is 16.1 Å². The normalized spacial score (nSPS) is 15.0. The van der Waals surface area contributed by atoms with E-state index in [1.807, 2.05) is 31.2 Å². The van der Waals surface area contributed by atoms with Crippen molar-refractivity contribution in [2.75, 3.05) is 13.7 Å². The van der Waals surface area contributed by atoms with Gasteiger partial charge in [0.15, 0.2) is 0 Å². The molecule has 22 heavy (non-hydrogen) atoms. The van der Waals surface area contributed by atoms with Crippen LogP contribution >= 0.6 is 0 Å². The first-order valence-corrected chi connectivity index (χ1v) is 7.12. The van der Waals surface area contributed by atoms with E-state index in [0.717, 1.165) is 10.9 Å². The molecule has 0 unspecified atom stereocenters. The minimum Gasteiger partial charge on any atom is -0.381 e. The molecule has 6 heteroatoms. The van der Waals surface area contributed by atoms with Gasteiger partial charge in [-0.15, -0.1) is 0 Å². The standard InChI is InChI=1S/C16H20N4O2/c1-12(15(21)19-16(2,10-17)11-22-3)9-20-14-7-5-4-6-13(14)8-18-20/h4-8,12H,9,11H2,1-3H3,(H,19,21)/t12-,16+/m1/s1. The lowest BCUT2D eigenvalue weighted by molar-refractivity contribution is -0.126. The molecule has 0 saturated carbocycles. The first-order chi connectivity index (χ1) is 10.5. The number of ether oxygens (including phenoxy) is 1. The second kappa shape index (κ2) is 6.58. The summed E-state index contributed by atoms with van der Waals surface area (Å²) in [4.78, 5) is 12.3. The summed E-state index contributed by atoms with van der Waals surface area (Å²) in [6.07, 6.45) is 1.78. The van der Waals surface area contributed by atoms with Crippen LogP contribution in [0, 0.1) is 17.2 Å². The van der Waals surface area contributed by atoms with Gasteiger partial charge in [0.2, 0.25) is 5.91 Å². The molecule has 2 atom stereocenters. The van der Waals surface area contributed by atoms with Crippen molar-refractivity contribution < 1.29 is 9.53 Å². The van der Waals surface area contributed by atoms with Crippen molar-refractivity contribution >= 4 is 16.8 Å². The minimum absolute atomic E-state index is 0.145. The lowest BCUT2D eigenvalue weighted by Crippen LogP contribution is -2.50. The second-order valence-corrected chi connectivity index (χ2v) is 5.65. The van der Waals surface area contributed by atoms with Gasteiger partial charge in [-0.05, 0) is 13.0 Å². The number of fused-ring (bicyclic) bond motifs is 1. The molecule has 0 fully saturated rings. The lowest BCUT2D eigenvalue weighted by atomic mass is 10.0. The quantitative estimate of drug-likeness (QED) is 0.881. The number of carbonyl (C=O) groups excluding carboxylic acids is 1. The van der Waals surface area contributed by atoms with E-state index in [4.69, 9.17) is 4.74 Å². The minimum atomic E-state index is -1.02. The van der Waals surface area contributed by atoms with Crippen LogP contribution < -0.4 is 5.32 Å². The number of para-hydroxylation sites is 1. The summed E-state index contributed by atoms with van der Waals surface area (Å²) in [6.45, 7) is 4.06. The van der Waals surface area contributed by atoms with Gasteiger partial charge in [0.1, 0.15) is 5.54 Å². The number of aromatic nitrogens is 2. The fourth-order valence-electron chi connectivity index (χ4n) is 2.29. The smallest absolute Gasteiger partial charge is 0.225 e. The monoisotopic (exact) mass is 300 g/mol. The molecule has 0 aliphatic carbocycles. The maximum Gasteiger partial charge on any atom is 0.225 e. The van der Waals surface area contributed by atoms with E-state index in [0.29, 0.717) is 6.54 Å². The number of nitriles is 1. The molecule has 2 aromatic rings. The average molecular weight is 300 g/mol. The van der Waals surface area contributed by atoms with Gasteiger partial charge in [-0.25, -0.2) is 0 Å². The van der Waals surface area contributed by atoms with Crippen molar-refractivity contribution in [3.05, 3.63) is 30.5 Å². The Morgan fingerprint density at radius 1 is 1.55 bits per heavy atom. The SMILES string of the molecule is COC[C@](C)(C#N)NC(=O)[C@H](C)Cn1ncc2ccccc21. The van der Waals surface area contributed by atoms with E-state index >= 15 is 0 Å². The predicted molar refractivity (Wildman–Crippen MR) is 82.9 cm³/mol. The number of hydrogen-bond donors (Lipinski definition) is 1. The predicted octanol–water partition coefficient (Wildman–Crippen LogP) is 1.72. The molecule has 0 radical (unpaired) electrons. The van der Waals surface area contributed by atoms with Gasteiger partial charge in [-0.3, -0.25) is 9.48 Å². The summed E-state index contributed by atoms with van der Waals surface area (Å²) in [6, 6.07) is 9.92. The van der Waals surface area contributed by atoms with Crippen LogP contribution in [0.4, 0.5) is 0 Å². The molecular weight excluding hydrogens is 280 g/mol. The molecule has 0 aliphatic heterocycles. The first kappa shape index (κ1) is 16.0. The molecule has 0 bridgehead atoms. The highest BCUT2D eigenvalue weighted by Crippen LogP contribution is 2.15. The maximum absolute atomic E-state index is 12.3. The highest BCUT2D eigenvalue weighted by molar-refractivity contribution is 5.81. The summed E-state index contributed by atoms with van der Waals surface area (Å²) >= 11 is 0. The number of carbonyl (C=O) groups is 1. The summed E-state index contributed by atoms with van der Waals surface area (Å²) in [5.41, 5.74) is -0.0335. The van der Waals surface area contributed by atoms with Gasteiger partial charge in [0.25, 0.3) is 0 Å². The van der Waals surface area contributed by atoms with E-state index in [-0.39, 0.29) is 18.4 Å². The fourth-order valence-corrected chi connectivity index (χ4v) is 2.29. The zero-order chi connectivity index (χ0) is 16.2. The Morgan fingerprint density at radius 2 is 2.27 bits per heavy atom. The summed E-state index contributed by atoms with van der Waals surface area (Å²) in [5, 5.41) is 17.3. The number of amides is 1. The third-order valence-corrected chi connectivity index (χ3v) is 3.52. The van der Waals surface area contributed by atoms with Crippen molar-refractivity contribution in [2.45, 2.75) is 25.9 Å². The molecule has 0 saturated heterocycles. The average Bonchev–Trinajstić information content (AvgIpc) is 2.90. The van der Waals surface area contributed by atoms with Crippen molar-refractivity contribution in [3.63, 3.8) is 0 Å². The number of rotatable bonds is 6. The number of methoxy groups -OCH3 is 1. The summed E-state index contributed by atoms with van der Waals surface area (Å²) in [5.74, 6) is -0.506. The van der Waals surface area contributed by atoms with Crippen LogP contribution in [0.1, 0.15) is 13.8 Å². The second-order valence-electron chi connectivity index (χ2n) is 5.65. The highest BCUT2D eigenvalue weighted by atomic mass is 16.5. The van der Waals surface area contributed by atoms with Crippen molar-refractivity contribution in [3.8, 4) is 6.07 Å². The largest absolute Gasteiger partial charge is 0.381 e. The van der Waals surface area contributed by atoms with Crippen LogP contribution in [0.5, 0.6) is 0 Å². The number of nitrogens with zero attached hydrogens (tertiary/aromatic N) is 3. The Bertz CT molecular complexity index is 703. The van der Waals surface area contributed by atoms with Crippen LogP contribution in [-0.4, -0.2) is 34.9 Å². The van der Waals surface area contributed by atoms with Gasteiger partial charge in [-0.1, -0.05) is 25.1 Å². The Balaban J connectivity index is 2.07. The summed E-state index contributed by atoms with van der Waals surface area (Å²) in [7, 11) is 1.50. The van der Waals surface area contributed by atoms with E-state index in [1.54, 1.807) is 17.8 Å². The van der Waals surface area contributed by atoms with E-state index in [9.17, 15) is 10.1 Å². The maximum atomic E-state index is 12.3. The third-order valence-electron chi connectivity index (χ3n) is 3.52. The van der Waals surface area contributed by atoms with Crippen LogP contribution in [0.2, 0.25) is 0 Å². The van der Waals surface area contributed by atoms with Crippen LogP contribution in [0.3, 0.4) is 0 Å². The molecule has 0 aliphatic rings. The molecule has 0 spiro atoms. The van der Waals surface area contributed by atoms with Crippen molar-refractivity contribution in [1.82, 2.24) is 15.1 Å². The zero-order valence-corrected chi connectivity index (χ0v) is 13.0. The molecule has 2 rings (SSSR count). The van der Waals surface area contributed by atoms with Gasteiger partial charge < -0.3 is 10.1 Å². The third kappa shape index (κ3) is 3.43. The highest BCUT2D eigenvalue weighted by Gasteiger charge is 2.28. The van der Waals surface area contributed by atoms with Gasteiger partial charge >= 0.3 is 0 Å². The Morgan fingerprint density at radius 3 is 2.95 bits per heavy atom. The molecule has 1 N–H and O–H groups in total. The Labute approximate surface area is 129 Å². The molecule has 1 amide bonds. The van der Waals surface area contributed by atoms with E-state index < -0.39 is 5.54 Å². The summed E-state index contributed by atoms with van der Waals surface area (Å²) < 4.78 is 6.79. The van der Waals surface area contributed by atoms with Gasteiger partial charge in [-0.2, -0.15) is 10.4 Å². The van der Waals surface area contributed by atoms with Crippen molar-refractivity contribution in [2.24, 2.45) is 5.92 Å². The number of nitrogens with one attached hydrogen (secondary N) is 1. The lowest BCUT2D eigenvalue weighted by Gasteiger charge is -2.24. The van der Waals surface area contributed by atoms with Gasteiger partial charge in [0, 0.05) is 12.5 Å². The van der Waals surface area contributed by atoms with Crippen LogP contribution in [0.25, 0.3) is 10.9 Å². The molecular formula is C16H20N4O2. The van der Waals surface area contributed by atoms with Crippen LogP contribution in [0.15, 0.2) is 30.5 Å². The zero-order valence-electron chi connectivity index (χ0n) is 13.0. The first-order valence-electron chi connectivity index (χ1n) is 7.12. The van der Waals surface area contributed by atoms with E-state index in [2.05, 4.69) is 16.5 Å². The Kier molecular flexibility index (Phi) is 4.78. The molecule has 116 valence electrons. The Hall–Kier alpha value is -2.39. The molecule has 1 aromatic carbocycles. The number of hydrogen-bond acceptors (Lipinski definition) is 4. The van der Waals surface area contributed by atoms with E-state index in [1.165, 1.54) is 7.11 Å². The van der Waals surface area contributed by atoms with Gasteiger partial charge in [0.05, 0.1) is 36.9 Å². The van der Waals surface area contributed by atoms with Crippen molar-refractivity contribution in [1.29, 1.82) is 5.26 Å². The molecule has 6 nitrogen and oxygen atoms in total.